The van der Waals surface area contributed by atoms with Crippen molar-refractivity contribution in [3.63, 3.8) is 0 Å². The van der Waals surface area contributed by atoms with Gasteiger partial charge in [-0.05, 0) is 67.6 Å². The van der Waals surface area contributed by atoms with E-state index in [4.69, 9.17) is 9.84 Å². The fourth-order valence-electron chi connectivity index (χ4n) is 5.76. The van der Waals surface area contributed by atoms with E-state index in [2.05, 4.69) is 53.4 Å². The van der Waals surface area contributed by atoms with Gasteiger partial charge in [-0.25, -0.2) is 4.79 Å². The molecule has 2 aromatic carbocycles. The lowest BCUT2D eigenvalue weighted by Crippen LogP contribution is -2.40. The number of carboxylic acids is 1. The van der Waals surface area contributed by atoms with Crippen LogP contribution in [0, 0.1) is 0 Å². The Labute approximate surface area is 262 Å². The zero-order valence-corrected chi connectivity index (χ0v) is 25.9. The van der Waals surface area contributed by atoms with Crippen LogP contribution in [-0.4, -0.2) is 50.8 Å². The number of ether oxygens (including phenoxy) is 1. The lowest BCUT2D eigenvalue weighted by Gasteiger charge is -2.34. The van der Waals surface area contributed by atoms with E-state index in [1.165, 1.54) is 27.0 Å². The quantitative estimate of drug-likeness (QED) is 0.174. The van der Waals surface area contributed by atoms with Crippen molar-refractivity contribution < 1.29 is 14.6 Å². The number of carbonyl (C=O) groups is 1. The highest BCUT2D eigenvalue weighted by Gasteiger charge is 2.24. The maximum atomic E-state index is 13.2. The Kier molecular flexibility index (Phi) is 12.2. The minimum atomic E-state index is -0.867. The molecule has 0 unspecified atom stereocenters. The fourth-order valence-corrected chi connectivity index (χ4v) is 6.61. The highest BCUT2D eigenvalue weighted by molar-refractivity contribution is 7.17. The minimum Gasteiger partial charge on any atom is -0.481 e. The molecule has 0 bridgehead atoms. The SMILES string of the molecule is Cl.O=C(O)CCCCn1c(=O)c2sccc2n(CCCCN2CCC(OC(c3ccccc3)c3ccccc3)CC2)c1=O. The lowest BCUT2D eigenvalue weighted by molar-refractivity contribution is -0.137. The molecule has 4 aromatic rings. The number of thiophene rings is 1. The average Bonchev–Trinajstić information content (AvgIpc) is 3.51. The Morgan fingerprint density at radius 2 is 1.42 bits per heavy atom. The molecule has 2 aromatic heterocycles. The van der Waals surface area contributed by atoms with Crippen LogP contribution in [0.15, 0.2) is 81.7 Å². The number of aromatic nitrogens is 2. The van der Waals surface area contributed by atoms with Crippen LogP contribution in [0.2, 0.25) is 0 Å². The summed E-state index contributed by atoms with van der Waals surface area (Å²) in [5.41, 5.74) is 2.47. The van der Waals surface area contributed by atoms with Crippen LogP contribution >= 0.6 is 23.7 Å². The molecule has 1 aliphatic rings. The number of halogens is 1. The smallest absolute Gasteiger partial charge is 0.331 e. The van der Waals surface area contributed by atoms with Crippen LogP contribution in [0.1, 0.15) is 62.2 Å². The largest absolute Gasteiger partial charge is 0.481 e. The molecule has 0 aliphatic carbocycles. The van der Waals surface area contributed by atoms with E-state index in [-0.39, 0.29) is 48.8 Å². The van der Waals surface area contributed by atoms with Gasteiger partial charge in [-0.15, -0.1) is 23.7 Å². The summed E-state index contributed by atoms with van der Waals surface area (Å²) in [4.78, 5) is 39.5. The van der Waals surface area contributed by atoms with Gasteiger partial charge in [0.05, 0.1) is 11.6 Å². The number of benzene rings is 2. The Morgan fingerprint density at radius 1 is 0.837 bits per heavy atom. The summed E-state index contributed by atoms with van der Waals surface area (Å²) in [6.07, 6.45) is 4.84. The number of carboxylic acid groups (broad SMARTS) is 1. The number of nitrogens with zero attached hydrogens (tertiary/aromatic N) is 3. The van der Waals surface area contributed by atoms with Crippen LogP contribution in [-0.2, 0) is 22.6 Å². The molecule has 0 saturated carbocycles. The molecule has 43 heavy (non-hydrogen) atoms. The van der Waals surface area contributed by atoms with Crippen LogP contribution in [0.4, 0.5) is 0 Å². The summed E-state index contributed by atoms with van der Waals surface area (Å²) in [6, 6.07) is 22.7. The van der Waals surface area contributed by atoms with Crippen molar-refractivity contribution in [3.8, 4) is 0 Å². The fraction of sp³-hybridized carbons (Fsp3) is 0.424. The van der Waals surface area contributed by atoms with Gasteiger partial charge < -0.3 is 14.7 Å². The van der Waals surface area contributed by atoms with Gasteiger partial charge in [0, 0.05) is 32.6 Å². The van der Waals surface area contributed by atoms with E-state index in [0.29, 0.717) is 29.6 Å². The number of fused-ring (bicyclic) bond motifs is 1. The first-order chi connectivity index (χ1) is 20.5. The van der Waals surface area contributed by atoms with Gasteiger partial charge >= 0.3 is 11.7 Å². The van der Waals surface area contributed by atoms with Crippen LogP contribution < -0.4 is 11.2 Å². The molecule has 1 fully saturated rings. The third kappa shape index (κ3) is 8.44. The second-order valence-electron chi connectivity index (χ2n) is 11.0. The second-order valence-corrected chi connectivity index (χ2v) is 11.9. The molecule has 1 N–H and O–H groups in total. The van der Waals surface area contributed by atoms with Gasteiger partial charge in [-0.3, -0.25) is 18.7 Å². The number of rotatable bonds is 14. The molecule has 1 saturated heterocycles. The normalized spacial score (nSPS) is 14.3. The van der Waals surface area contributed by atoms with Crippen molar-refractivity contribution in [1.29, 1.82) is 0 Å². The first-order valence-corrected chi connectivity index (χ1v) is 15.8. The summed E-state index contributed by atoms with van der Waals surface area (Å²) in [6.45, 7) is 3.72. The highest BCUT2D eigenvalue weighted by Crippen LogP contribution is 2.30. The first-order valence-electron chi connectivity index (χ1n) is 14.9. The number of aryl methyl sites for hydroxylation is 1. The molecule has 0 atom stereocenters. The van der Waals surface area contributed by atoms with Gasteiger partial charge in [-0.1, -0.05) is 60.7 Å². The first kappa shape index (κ1) is 32.7. The van der Waals surface area contributed by atoms with E-state index in [0.717, 1.165) is 45.3 Å². The predicted octanol–water partition coefficient (Wildman–Crippen LogP) is 5.95. The maximum absolute atomic E-state index is 13.2. The van der Waals surface area contributed by atoms with Crippen molar-refractivity contribution >= 4 is 39.9 Å². The number of likely N-dealkylation sites (tertiary alicyclic amines) is 1. The predicted molar refractivity (Wildman–Crippen MR) is 174 cm³/mol. The Morgan fingerprint density at radius 3 is 2.05 bits per heavy atom. The van der Waals surface area contributed by atoms with E-state index in [9.17, 15) is 14.4 Å². The number of piperidine rings is 1. The number of aliphatic carboxylic acids is 1. The Balaban J connectivity index is 0.00000423. The van der Waals surface area contributed by atoms with Crippen LogP contribution in [0.25, 0.3) is 10.2 Å². The summed E-state index contributed by atoms with van der Waals surface area (Å²) >= 11 is 1.35. The molecule has 1 aliphatic heterocycles. The Bertz CT molecular complexity index is 1520. The summed E-state index contributed by atoms with van der Waals surface area (Å²) in [5, 5.41) is 10.7. The molecule has 0 spiro atoms. The number of hydrogen-bond acceptors (Lipinski definition) is 6. The molecule has 10 heteroatoms. The maximum Gasteiger partial charge on any atom is 0.331 e. The number of hydrogen-bond donors (Lipinski definition) is 1. The molecule has 230 valence electrons. The van der Waals surface area contributed by atoms with Crippen LogP contribution in [0.5, 0.6) is 0 Å². The molecule has 0 amide bonds. The highest BCUT2D eigenvalue weighted by atomic mass is 35.5. The van der Waals surface area contributed by atoms with Gasteiger partial charge in [-0.2, -0.15) is 0 Å². The average molecular weight is 626 g/mol. The Hall–Kier alpha value is -3.24. The summed E-state index contributed by atoms with van der Waals surface area (Å²) in [5.74, 6) is -0.867. The number of unbranched alkanes of at least 4 members (excludes halogenated alkanes) is 2. The zero-order chi connectivity index (χ0) is 29.3. The van der Waals surface area contributed by atoms with Gasteiger partial charge in [0.1, 0.15) is 10.8 Å². The second kappa shape index (κ2) is 16.0. The minimum absolute atomic E-state index is 0. The molecule has 8 nitrogen and oxygen atoms in total. The third-order valence-electron chi connectivity index (χ3n) is 8.03. The molecule has 3 heterocycles. The van der Waals surface area contributed by atoms with E-state index in [1.807, 2.05) is 23.6 Å². The van der Waals surface area contributed by atoms with Crippen molar-refractivity contribution in [1.82, 2.24) is 14.0 Å². The molecule has 5 rings (SSSR count). The van der Waals surface area contributed by atoms with Crippen LogP contribution in [0.3, 0.4) is 0 Å². The summed E-state index contributed by atoms with van der Waals surface area (Å²) < 4.78 is 10.3. The van der Waals surface area contributed by atoms with Crippen molar-refractivity contribution in [2.75, 3.05) is 19.6 Å². The standard InChI is InChI=1S/C33H39N3O5S.ClH/c37-29(38)15-7-8-21-36-32(39)31-28(18-24-42-31)35(33(36)40)20-10-9-19-34-22-16-27(17-23-34)41-30(25-11-3-1-4-12-25)26-13-5-2-6-14-26;/h1-6,11-14,18,24,27,30H,7-10,15-17,19-23H2,(H,37,38);1H. The third-order valence-corrected chi connectivity index (χ3v) is 8.92. The monoisotopic (exact) mass is 625 g/mol. The molecular formula is C33H40ClN3O5S. The zero-order valence-electron chi connectivity index (χ0n) is 24.3. The topological polar surface area (TPSA) is 93.8 Å². The molecule has 0 radical (unpaired) electrons. The van der Waals surface area contributed by atoms with Crippen molar-refractivity contribution in [2.24, 2.45) is 0 Å². The van der Waals surface area contributed by atoms with Gasteiger partial charge in [0.15, 0.2) is 0 Å². The van der Waals surface area contributed by atoms with E-state index >= 15 is 0 Å². The van der Waals surface area contributed by atoms with Crippen molar-refractivity contribution in [2.45, 2.75) is 70.2 Å². The summed E-state index contributed by atoms with van der Waals surface area (Å²) in [7, 11) is 0. The lowest BCUT2D eigenvalue weighted by atomic mass is 10.00. The van der Waals surface area contributed by atoms with Crippen molar-refractivity contribution in [3.05, 3.63) is 104 Å². The molecular weight excluding hydrogens is 586 g/mol. The van der Waals surface area contributed by atoms with E-state index in [1.54, 1.807) is 4.57 Å². The van der Waals surface area contributed by atoms with Gasteiger partial charge in [0.2, 0.25) is 0 Å². The van der Waals surface area contributed by atoms with E-state index < -0.39 is 5.97 Å². The van der Waals surface area contributed by atoms with Gasteiger partial charge in [0.25, 0.3) is 5.56 Å².